The van der Waals surface area contributed by atoms with Crippen LogP contribution in [0.3, 0.4) is 0 Å². The fourth-order valence-corrected chi connectivity index (χ4v) is 9.85. The summed E-state index contributed by atoms with van der Waals surface area (Å²) >= 11 is 3.81. The Balaban J connectivity index is 1.13. The standard InChI is InChI=1S/C24H30N4O4S2/c29-21-17-13-1-2-14(18(17)22(30)27(21)11-25-3-7-33-8-4-25)16-15(13)19-20(16)24(32)28(23(19)31)12-26-5-9-34-10-6-26/h1-2,13-20H,3-12H2/t13-,14-,15-,16-,17-,18+,19-,20-/m1/s1. The van der Waals surface area contributed by atoms with Crippen LogP contribution in [0.25, 0.3) is 0 Å². The molecule has 0 aromatic heterocycles. The maximum atomic E-state index is 13.5. The number of fused-ring (bicyclic) bond motifs is 1. The summed E-state index contributed by atoms with van der Waals surface area (Å²) in [5, 5.41) is 0. The lowest BCUT2D eigenvalue weighted by atomic mass is 9.40. The number of allylic oxidation sites excluding steroid dienone is 2. The molecule has 4 saturated heterocycles. The predicted octanol–water partition coefficient (Wildman–Crippen LogP) is 0.263. The number of hydrogen-bond acceptors (Lipinski definition) is 8. The van der Waals surface area contributed by atoms with E-state index in [1.54, 1.807) is 0 Å². The molecular weight excluding hydrogens is 472 g/mol. The molecule has 2 saturated carbocycles. The van der Waals surface area contributed by atoms with Gasteiger partial charge in [0.15, 0.2) is 0 Å². The highest BCUT2D eigenvalue weighted by Crippen LogP contribution is 2.68. The number of carbonyl (C=O) groups is 4. The van der Waals surface area contributed by atoms with E-state index < -0.39 is 0 Å². The summed E-state index contributed by atoms with van der Waals surface area (Å²) in [5.74, 6) is 2.36. The maximum Gasteiger partial charge on any atom is 0.234 e. The highest BCUT2D eigenvalue weighted by atomic mass is 32.2. The predicted molar refractivity (Wildman–Crippen MR) is 128 cm³/mol. The molecule has 4 aliphatic heterocycles. The first-order valence-electron chi connectivity index (χ1n) is 12.6. The Morgan fingerprint density at radius 1 is 0.588 bits per heavy atom. The van der Waals surface area contributed by atoms with Crippen LogP contribution >= 0.6 is 23.5 Å². The minimum Gasteiger partial charge on any atom is -0.284 e. The second-order valence-electron chi connectivity index (χ2n) is 10.8. The third kappa shape index (κ3) is 2.94. The van der Waals surface area contributed by atoms with Gasteiger partial charge in [0.05, 0.1) is 37.0 Å². The van der Waals surface area contributed by atoms with Crippen LogP contribution in [0.1, 0.15) is 0 Å². The van der Waals surface area contributed by atoms with Gasteiger partial charge < -0.3 is 0 Å². The zero-order valence-corrected chi connectivity index (χ0v) is 20.7. The fraction of sp³-hybridized carbons (Fsp3) is 0.750. The SMILES string of the molecule is O=C1[C@@H]2[C@@H]3C=C[C@@H]([C@@H]2C(=O)N1CN1CCSCC1)[C@H]1[C@H]2C(=O)N(CN4CCSCC4)C(=O)[C@@H]2[C@H]31. The van der Waals surface area contributed by atoms with E-state index in [2.05, 4.69) is 22.0 Å². The van der Waals surface area contributed by atoms with Crippen molar-refractivity contribution < 1.29 is 19.2 Å². The number of likely N-dealkylation sites (tertiary alicyclic amines) is 2. The van der Waals surface area contributed by atoms with Crippen molar-refractivity contribution in [1.82, 2.24) is 19.6 Å². The molecule has 6 fully saturated rings. The molecule has 4 amide bonds. The topological polar surface area (TPSA) is 81.2 Å². The van der Waals surface area contributed by atoms with Gasteiger partial charge in [-0.3, -0.25) is 38.8 Å². The van der Waals surface area contributed by atoms with Crippen molar-refractivity contribution in [3.63, 3.8) is 0 Å². The van der Waals surface area contributed by atoms with Gasteiger partial charge in [0.25, 0.3) is 0 Å². The summed E-state index contributed by atoms with van der Waals surface area (Å²) < 4.78 is 0. The summed E-state index contributed by atoms with van der Waals surface area (Å²) in [5.41, 5.74) is 0. The van der Waals surface area contributed by atoms with Gasteiger partial charge in [-0.25, -0.2) is 0 Å². The molecule has 0 aromatic carbocycles. The zero-order valence-electron chi connectivity index (χ0n) is 19.1. The van der Waals surface area contributed by atoms with Gasteiger partial charge in [0.2, 0.25) is 23.6 Å². The van der Waals surface area contributed by atoms with E-state index in [1.807, 2.05) is 23.5 Å². The lowest BCUT2D eigenvalue weighted by molar-refractivity contribution is -0.166. The summed E-state index contributed by atoms with van der Waals surface area (Å²) in [7, 11) is 0. The van der Waals surface area contributed by atoms with Crippen molar-refractivity contribution in [3.8, 4) is 0 Å². The minimum atomic E-state index is -0.361. The van der Waals surface area contributed by atoms with Crippen LogP contribution in [-0.2, 0) is 19.2 Å². The largest absolute Gasteiger partial charge is 0.284 e. The van der Waals surface area contributed by atoms with Crippen molar-refractivity contribution in [1.29, 1.82) is 0 Å². The molecule has 4 heterocycles. The molecule has 8 atom stereocenters. The van der Waals surface area contributed by atoms with Crippen LogP contribution < -0.4 is 0 Å². The first-order chi connectivity index (χ1) is 16.6. The number of hydrogen-bond donors (Lipinski definition) is 0. The number of carbonyl (C=O) groups excluding carboxylic acids is 4. The Hall–Kier alpha value is -1.36. The lowest BCUT2D eigenvalue weighted by Gasteiger charge is -2.60. The fourth-order valence-electron chi connectivity index (χ4n) is 7.89. The number of rotatable bonds is 4. The quantitative estimate of drug-likeness (QED) is 0.400. The lowest BCUT2D eigenvalue weighted by Crippen LogP contribution is -2.63. The van der Waals surface area contributed by atoms with Crippen LogP contribution in [-0.4, -0.2) is 106 Å². The molecule has 34 heavy (non-hydrogen) atoms. The van der Waals surface area contributed by atoms with Crippen molar-refractivity contribution >= 4 is 47.2 Å². The van der Waals surface area contributed by atoms with E-state index in [4.69, 9.17) is 0 Å². The van der Waals surface area contributed by atoms with Gasteiger partial charge in [-0.2, -0.15) is 23.5 Å². The highest BCUT2D eigenvalue weighted by molar-refractivity contribution is 7.99. The molecule has 2 bridgehead atoms. The molecule has 0 radical (unpaired) electrons. The van der Waals surface area contributed by atoms with Crippen LogP contribution in [0.15, 0.2) is 12.2 Å². The molecule has 0 spiro atoms. The van der Waals surface area contributed by atoms with E-state index in [1.165, 1.54) is 9.80 Å². The number of amides is 4. The number of nitrogens with zero attached hydrogens (tertiary/aromatic N) is 4. The first kappa shape index (κ1) is 21.9. The first-order valence-corrected chi connectivity index (χ1v) is 14.9. The molecule has 10 heteroatoms. The van der Waals surface area contributed by atoms with Crippen molar-refractivity contribution in [2.24, 2.45) is 47.3 Å². The molecule has 0 aromatic rings. The van der Waals surface area contributed by atoms with E-state index in [9.17, 15) is 19.2 Å². The van der Waals surface area contributed by atoms with Gasteiger partial charge in [0, 0.05) is 49.2 Å². The molecular formula is C24H30N4O4S2. The minimum absolute atomic E-state index is 0.0164. The molecule has 0 N–H and O–H groups in total. The Bertz CT molecular complexity index is 922. The molecule has 182 valence electrons. The summed E-state index contributed by atoms with van der Waals surface area (Å²) in [6.45, 7) is 4.36. The van der Waals surface area contributed by atoms with Crippen LogP contribution in [0, 0.1) is 47.3 Å². The van der Waals surface area contributed by atoms with Crippen molar-refractivity contribution in [2.45, 2.75) is 0 Å². The highest BCUT2D eigenvalue weighted by Gasteiger charge is 2.75. The third-order valence-electron chi connectivity index (χ3n) is 9.42. The zero-order chi connectivity index (χ0) is 23.1. The second kappa shape index (κ2) is 8.08. The maximum absolute atomic E-state index is 13.5. The number of thioether (sulfide) groups is 2. The van der Waals surface area contributed by atoms with Crippen molar-refractivity contribution in [3.05, 3.63) is 12.2 Å². The molecule has 4 aliphatic carbocycles. The average Bonchev–Trinajstić information content (AvgIpc) is 3.21. The monoisotopic (exact) mass is 502 g/mol. The van der Waals surface area contributed by atoms with Gasteiger partial charge in [-0.15, -0.1) is 0 Å². The Labute approximate surface area is 207 Å². The summed E-state index contributed by atoms with van der Waals surface area (Å²) in [4.78, 5) is 61.3. The molecule has 0 unspecified atom stereocenters. The van der Waals surface area contributed by atoms with Crippen LogP contribution in [0.2, 0.25) is 0 Å². The average molecular weight is 503 g/mol. The summed E-state index contributed by atoms with van der Waals surface area (Å²) in [6, 6.07) is 0. The van der Waals surface area contributed by atoms with Gasteiger partial charge in [-0.05, 0) is 23.7 Å². The Morgan fingerprint density at radius 2 is 0.941 bits per heavy atom. The van der Waals surface area contributed by atoms with Crippen LogP contribution in [0.4, 0.5) is 0 Å². The summed E-state index contributed by atoms with van der Waals surface area (Å²) in [6.07, 6.45) is 4.19. The van der Waals surface area contributed by atoms with Gasteiger partial charge in [0.1, 0.15) is 0 Å². The second-order valence-corrected chi connectivity index (χ2v) is 13.2. The number of imide groups is 2. The third-order valence-corrected chi connectivity index (χ3v) is 11.3. The van der Waals surface area contributed by atoms with Gasteiger partial charge >= 0.3 is 0 Å². The molecule has 8 nitrogen and oxygen atoms in total. The van der Waals surface area contributed by atoms with E-state index in [0.29, 0.717) is 13.3 Å². The Kier molecular flexibility index (Phi) is 5.20. The molecule has 8 aliphatic rings. The van der Waals surface area contributed by atoms with E-state index in [0.717, 1.165) is 49.2 Å². The normalized spacial score (nSPS) is 43.9. The van der Waals surface area contributed by atoms with E-state index >= 15 is 0 Å². The Morgan fingerprint density at radius 3 is 1.32 bits per heavy atom. The van der Waals surface area contributed by atoms with Gasteiger partial charge in [-0.1, -0.05) is 12.2 Å². The molecule has 8 rings (SSSR count). The smallest absolute Gasteiger partial charge is 0.234 e. The van der Waals surface area contributed by atoms with Crippen molar-refractivity contribution in [2.75, 3.05) is 62.5 Å². The van der Waals surface area contributed by atoms with E-state index in [-0.39, 0.29) is 71.0 Å². The van der Waals surface area contributed by atoms with Crippen LogP contribution in [0.5, 0.6) is 0 Å².